The topological polar surface area (TPSA) is 69.2 Å². The number of carbonyl (C=O) groups is 1. The van der Waals surface area contributed by atoms with E-state index in [1.807, 2.05) is 11.8 Å². The molecule has 0 radical (unpaired) electrons. The largest absolute Gasteiger partial charge is 0.545 e. The van der Waals surface area contributed by atoms with E-state index in [1.165, 1.54) is 12.1 Å². The van der Waals surface area contributed by atoms with Crippen molar-refractivity contribution in [1.82, 2.24) is 9.97 Å². The quantitative estimate of drug-likeness (QED) is 0.555. The molecular weight excluding hydrogens is 391 g/mol. The highest BCUT2D eigenvalue weighted by molar-refractivity contribution is 7.98. The number of aromatic nitrogens is 2. The molecule has 1 saturated heterocycles. The van der Waals surface area contributed by atoms with E-state index >= 15 is 0 Å². The maximum atomic E-state index is 13.3. The summed E-state index contributed by atoms with van der Waals surface area (Å²) in [6.45, 7) is 2.66. The minimum atomic E-state index is -4.55. The normalized spacial score (nSPS) is 17.6. The summed E-state index contributed by atoms with van der Waals surface area (Å²) >= 11 is 1.09. The molecule has 0 N–H and O–H groups in total. The number of hydrogen-bond acceptors (Lipinski definition) is 6. The Hall–Kier alpha value is -2.29. The van der Waals surface area contributed by atoms with E-state index in [0.717, 1.165) is 42.7 Å². The molecule has 2 aromatic rings. The number of carbonyl (C=O) groups excluding carboxylic acids is 1. The summed E-state index contributed by atoms with van der Waals surface area (Å²) in [5.41, 5.74) is -0.153. The molecular formula is C19H19F3N3O2S-. The monoisotopic (exact) mass is 410 g/mol. The number of hydrogen-bond donors (Lipinski definition) is 0. The van der Waals surface area contributed by atoms with Crippen LogP contribution in [0.3, 0.4) is 0 Å². The van der Waals surface area contributed by atoms with Crippen LogP contribution in [0.5, 0.6) is 0 Å². The first-order chi connectivity index (χ1) is 13.2. The van der Waals surface area contributed by atoms with Gasteiger partial charge in [-0.05, 0) is 37.3 Å². The fourth-order valence-corrected chi connectivity index (χ4v) is 3.90. The Kier molecular flexibility index (Phi) is 6.12. The molecule has 0 aliphatic carbocycles. The number of rotatable bonds is 5. The highest BCUT2D eigenvalue weighted by Crippen LogP contribution is 2.33. The van der Waals surface area contributed by atoms with Gasteiger partial charge in [-0.3, -0.25) is 0 Å². The van der Waals surface area contributed by atoms with Crippen LogP contribution >= 0.6 is 11.8 Å². The standard InChI is InChI=1S/C19H20F3N3O2S/c1-12-4-2-3-9-25(12)16-10-15(19(20,21)22)23-18(24-16)28-11-13-5-7-14(8-6-13)17(26)27/h5-8,10,12H,2-4,9,11H2,1H3,(H,26,27)/p-1/t12-/m0/s1. The van der Waals surface area contributed by atoms with Crippen LogP contribution in [0.2, 0.25) is 0 Å². The molecule has 1 aliphatic rings. The molecule has 1 aliphatic heterocycles. The van der Waals surface area contributed by atoms with E-state index in [0.29, 0.717) is 18.1 Å². The molecule has 28 heavy (non-hydrogen) atoms. The average molecular weight is 410 g/mol. The van der Waals surface area contributed by atoms with Crippen LogP contribution in [0, 0.1) is 0 Å². The molecule has 5 nitrogen and oxygen atoms in total. The number of carboxylic acids is 1. The third-order valence-electron chi connectivity index (χ3n) is 4.64. The van der Waals surface area contributed by atoms with Crippen LogP contribution in [0.15, 0.2) is 35.5 Å². The van der Waals surface area contributed by atoms with Crippen molar-refractivity contribution in [2.45, 2.75) is 49.3 Å². The van der Waals surface area contributed by atoms with Crippen LogP contribution in [-0.2, 0) is 11.9 Å². The first-order valence-electron chi connectivity index (χ1n) is 8.90. The number of piperidine rings is 1. The number of thioether (sulfide) groups is 1. The molecule has 9 heteroatoms. The SMILES string of the molecule is C[C@H]1CCCCN1c1cc(C(F)(F)F)nc(SCc2ccc(C(=O)[O-])cc2)n1. The summed E-state index contributed by atoms with van der Waals surface area (Å²) < 4.78 is 39.9. The van der Waals surface area contributed by atoms with Crippen LogP contribution in [0.25, 0.3) is 0 Å². The van der Waals surface area contributed by atoms with Crippen LogP contribution in [0.4, 0.5) is 19.0 Å². The average Bonchev–Trinajstić information content (AvgIpc) is 2.66. The van der Waals surface area contributed by atoms with E-state index in [-0.39, 0.29) is 16.8 Å². The highest BCUT2D eigenvalue weighted by atomic mass is 32.2. The minimum Gasteiger partial charge on any atom is -0.545 e. The minimum absolute atomic E-state index is 0.0467. The van der Waals surface area contributed by atoms with Gasteiger partial charge in [0.25, 0.3) is 0 Å². The zero-order valence-electron chi connectivity index (χ0n) is 15.2. The van der Waals surface area contributed by atoms with Crippen molar-refractivity contribution in [3.63, 3.8) is 0 Å². The lowest BCUT2D eigenvalue weighted by molar-refractivity contribution is -0.255. The Balaban J connectivity index is 1.82. The molecule has 1 atom stereocenters. The van der Waals surface area contributed by atoms with Crippen LogP contribution in [0.1, 0.15) is 47.8 Å². The van der Waals surface area contributed by atoms with Crippen molar-refractivity contribution in [2.24, 2.45) is 0 Å². The molecule has 0 bridgehead atoms. The van der Waals surface area contributed by atoms with Gasteiger partial charge < -0.3 is 14.8 Å². The van der Waals surface area contributed by atoms with E-state index < -0.39 is 17.8 Å². The number of carboxylic acid groups (broad SMARTS) is 1. The Bertz CT molecular complexity index is 843. The fraction of sp³-hybridized carbons (Fsp3) is 0.421. The van der Waals surface area contributed by atoms with Gasteiger partial charge in [-0.2, -0.15) is 13.2 Å². The smallest absolute Gasteiger partial charge is 0.433 e. The maximum absolute atomic E-state index is 13.3. The van der Waals surface area contributed by atoms with Crippen LogP contribution < -0.4 is 10.0 Å². The van der Waals surface area contributed by atoms with Crippen molar-refractivity contribution >= 4 is 23.5 Å². The van der Waals surface area contributed by atoms with E-state index in [9.17, 15) is 23.1 Å². The summed E-state index contributed by atoms with van der Waals surface area (Å²) in [7, 11) is 0. The Morgan fingerprint density at radius 2 is 1.96 bits per heavy atom. The second-order valence-corrected chi connectivity index (χ2v) is 7.65. The number of anilines is 1. The molecule has 1 aromatic heterocycles. The van der Waals surface area contributed by atoms with Crippen molar-refractivity contribution in [3.05, 3.63) is 47.2 Å². The fourth-order valence-electron chi connectivity index (χ4n) is 3.09. The lowest BCUT2D eigenvalue weighted by atomic mass is 10.0. The van der Waals surface area contributed by atoms with Crippen molar-refractivity contribution in [3.8, 4) is 0 Å². The van der Waals surface area contributed by atoms with E-state index in [2.05, 4.69) is 9.97 Å². The molecule has 150 valence electrons. The molecule has 2 heterocycles. The first-order valence-corrected chi connectivity index (χ1v) is 9.88. The molecule has 0 amide bonds. The van der Waals surface area contributed by atoms with Gasteiger partial charge in [-0.15, -0.1) is 0 Å². The van der Waals surface area contributed by atoms with Crippen molar-refractivity contribution < 1.29 is 23.1 Å². The predicted octanol–water partition coefficient (Wildman–Crippen LogP) is 3.53. The van der Waals surface area contributed by atoms with Gasteiger partial charge in [0, 0.05) is 24.4 Å². The van der Waals surface area contributed by atoms with E-state index in [1.54, 1.807) is 12.1 Å². The Morgan fingerprint density at radius 1 is 1.25 bits per heavy atom. The first kappa shape index (κ1) is 20.4. The van der Waals surface area contributed by atoms with Gasteiger partial charge in [0.1, 0.15) is 5.82 Å². The summed E-state index contributed by atoms with van der Waals surface area (Å²) in [5, 5.41) is 10.8. The van der Waals surface area contributed by atoms with Gasteiger partial charge in [-0.25, -0.2) is 9.97 Å². The summed E-state index contributed by atoms with van der Waals surface area (Å²) in [4.78, 5) is 20.7. The molecule has 3 rings (SSSR count). The summed E-state index contributed by atoms with van der Waals surface area (Å²) in [5.74, 6) is -0.658. The molecule has 0 saturated carbocycles. The Morgan fingerprint density at radius 3 is 2.57 bits per heavy atom. The van der Waals surface area contributed by atoms with Gasteiger partial charge >= 0.3 is 6.18 Å². The predicted molar refractivity (Wildman–Crippen MR) is 98.0 cm³/mol. The third-order valence-corrected chi connectivity index (χ3v) is 5.56. The summed E-state index contributed by atoms with van der Waals surface area (Å²) in [6.07, 6.45) is -1.66. The number of nitrogens with zero attached hydrogens (tertiary/aromatic N) is 3. The number of benzene rings is 1. The lowest BCUT2D eigenvalue weighted by Gasteiger charge is -2.34. The zero-order chi connectivity index (χ0) is 20.3. The van der Waals surface area contributed by atoms with Gasteiger partial charge in [0.15, 0.2) is 10.9 Å². The number of aromatic carboxylic acids is 1. The number of halogens is 3. The van der Waals surface area contributed by atoms with Crippen molar-refractivity contribution in [1.29, 1.82) is 0 Å². The van der Waals surface area contributed by atoms with Gasteiger partial charge in [0.05, 0.1) is 5.97 Å². The van der Waals surface area contributed by atoms with Gasteiger partial charge in [-0.1, -0.05) is 36.0 Å². The Labute approximate surface area is 165 Å². The van der Waals surface area contributed by atoms with Crippen molar-refractivity contribution in [2.75, 3.05) is 11.4 Å². The van der Waals surface area contributed by atoms with E-state index in [4.69, 9.17) is 0 Å². The maximum Gasteiger partial charge on any atom is 0.433 e. The molecule has 1 fully saturated rings. The number of alkyl halides is 3. The third kappa shape index (κ3) is 4.95. The highest BCUT2D eigenvalue weighted by Gasteiger charge is 2.35. The van der Waals surface area contributed by atoms with Crippen LogP contribution in [-0.4, -0.2) is 28.5 Å². The molecule has 0 unspecified atom stereocenters. The lowest BCUT2D eigenvalue weighted by Crippen LogP contribution is -2.38. The molecule has 0 spiro atoms. The molecule has 1 aromatic carbocycles. The second kappa shape index (κ2) is 8.38. The summed E-state index contributed by atoms with van der Waals surface area (Å²) in [6, 6.07) is 7.14. The van der Waals surface area contributed by atoms with Gasteiger partial charge in [0.2, 0.25) is 0 Å². The zero-order valence-corrected chi connectivity index (χ0v) is 16.0. The second-order valence-electron chi connectivity index (χ2n) is 6.70.